The maximum Gasteiger partial charge on any atom is 0.119 e. The lowest BCUT2D eigenvalue weighted by atomic mass is 9.97. The zero-order valence-corrected chi connectivity index (χ0v) is 15.5. The van der Waals surface area contributed by atoms with Crippen LogP contribution in [0.2, 0.25) is 0 Å². The predicted octanol–water partition coefficient (Wildman–Crippen LogP) is 4.66. The molecular weight excluding hydrogens is 391 g/mol. The van der Waals surface area contributed by atoms with Crippen molar-refractivity contribution in [3.63, 3.8) is 0 Å². The van der Waals surface area contributed by atoms with Gasteiger partial charge in [-0.3, -0.25) is 0 Å². The van der Waals surface area contributed by atoms with E-state index in [-0.39, 0.29) is 18.3 Å². The van der Waals surface area contributed by atoms with Gasteiger partial charge in [-0.1, -0.05) is 60.9 Å². The Morgan fingerprint density at radius 3 is 2.64 bits per heavy atom. The summed E-state index contributed by atoms with van der Waals surface area (Å²) in [7, 11) is 0. The molecule has 0 radical (unpaired) electrons. The number of aliphatic hydroxyl groups is 1. The van der Waals surface area contributed by atoms with Crippen LogP contribution in [0.5, 0.6) is 5.75 Å². The Kier molecular flexibility index (Phi) is 7.97. The summed E-state index contributed by atoms with van der Waals surface area (Å²) in [6.45, 7) is 3.01. The molecule has 3 atom stereocenters. The Balaban J connectivity index is 1.81. The second kappa shape index (κ2) is 9.73. The molecular formula is C18H27IO3. The van der Waals surface area contributed by atoms with Gasteiger partial charge in [-0.05, 0) is 37.0 Å². The van der Waals surface area contributed by atoms with Crippen molar-refractivity contribution in [3.05, 3.63) is 29.8 Å². The van der Waals surface area contributed by atoms with E-state index in [9.17, 15) is 5.11 Å². The molecule has 0 amide bonds. The van der Waals surface area contributed by atoms with E-state index in [1.807, 2.05) is 12.1 Å². The van der Waals surface area contributed by atoms with Crippen LogP contribution < -0.4 is 4.74 Å². The van der Waals surface area contributed by atoms with Crippen molar-refractivity contribution in [3.8, 4) is 5.75 Å². The van der Waals surface area contributed by atoms with Gasteiger partial charge in [-0.2, -0.15) is 0 Å². The molecule has 4 heteroatoms. The minimum absolute atomic E-state index is 0.0474. The van der Waals surface area contributed by atoms with Crippen molar-refractivity contribution in [1.29, 1.82) is 0 Å². The third-order valence-electron chi connectivity index (χ3n) is 4.16. The lowest BCUT2D eigenvalue weighted by Crippen LogP contribution is -2.36. The van der Waals surface area contributed by atoms with Gasteiger partial charge >= 0.3 is 0 Å². The summed E-state index contributed by atoms with van der Waals surface area (Å²) in [6.07, 6.45) is 6.32. The number of rotatable bonds is 8. The average molecular weight is 418 g/mol. The number of unbranched alkanes of at least 4 members (excludes halogenated alkanes) is 3. The Morgan fingerprint density at radius 1 is 1.18 bits per heavy atom. The third-order valence-corrected chi connectivity index (χ3v) is 5.03. The van der Waals surface area contributed by atoms with Gasteiger partial charge in [-0.25, -0.2) is 0 Å². The van der Waals surface area contributed by atoms with Crippen molar-refractivity contribution in [2.75, 3.05) is 11.0 Å². The molecule has 0 aliphatic carbocycles. The highest BCUT2D eigenvalue weighted by molar-refractivity contribution is 14.1. The van der Waals surface area contributed by atoms with Crippen LogP contribution in [0.4, 0.5) is 0 Å². The Hall–Kier alpha value is -0.330. The lowest BCUT2D eigenvalue weighted by Gasteiger charge is -2.33. The number of hydrogen-bond donors (Lipinski definition) is 1. The van der Waals surface area contributed by atoms with Crippen molar-refractivity contribution < 1.29 is 14.6 Å². The maximum atomic E-state index is 9.89. The summed E-state index contributed by atoms with van der Waals surface area (Å²) >= 11 is 2.28. The summed E-state index contributed by atoms with van der Waals surface area (Å²) < 4.78 is 12.6. The summed E-state index contributed by atoms with van der Waals surface area (Å²) in [5.74, 6) is 0.932. The number of halogens is 1. The van der Waals surface area contributed by atoms with E-state index in [0.717, 1.165) is 36.0 Å². The first-order valence-corrected chi connectivity index (χ1v) is 9.89. The SMILES string of the molecule is CCCCCCOc1ccc([C@@H]2CC[C@H](O)[C@@H](CI)O2)cc1. The number of aliphatic hydroxyl groups excluding tert-OH is 1. The molecule has 0 unspecified atom stereocenters. The quantitative estimate of drug-likeness (QED) is 0.379. The van der Waals surface area contributed by atoms with Gasteiger partial charge < -0.3 is 14.6 Å². The molecule has 0 spiro atoms. The van der Waals surface area contributed by atoms with Crippen LogP contribution in [0.25, 0.3) is 0 Å². The van der Waals surface area contributed by atoms with Crippen LogP contribution in [0.15, 0.2) is 24.3 Å². The highest BCUT2D eigenvalue weighted by atomic mass is 127. The van der Waals surface area contributed by atoms with Crippen molar-refractivity contribution in [1.82, 2.24) is 0 Å². The molecule has 1 aliphatic heterocycles. The minimum Gasteiger partial charge on any atom is -0.494 e. The predicted molar refractivity (Wildman–Crippen MR) is 97.8 cm³/mol. The molecule has 124 valence electrons. The fourth-order valence-corrected chi connectivity index (χ4v) is 3.55. The molecule has 1 aromatic carbocycles. The molecule has 3 nitrogen and oxygen atoms in total. The third kappa shape index (κ3) is 5.39. The molecule has 1 aliphatic rings. The summed E-state index contributed by atoms with van der Waals surface area (Å²) in [4.78, 5) is 0. The second-order valence-corrected chi connectivity index (χ2v) is 6.82. The van der Waals surface area contributed by atoms with E-state index in [2.05, 4.69) is 41.6 Å². The molecule has 0 saturated carbocycles. The van der Waals surface area contributed by atoms with Gasteiger partial charge in [0.05, 0.1) is 24.9 Å². The van der Waals surface area contributed by atoms with E-state index in [1.165, 1.54) is 24.8 Å². The minimum atomic E-state index is -0.320. The second-order valence-electron chi connectivity index (χ2n) is 5.94. The number of alkyl halides is 1. The van der Waals surface area contributed by atoms with Crippen LogP contribution in [0, 0.1) is 0 Å². The molecule has 1 fully saturated rings. The van der Waals surface area contributed by atoms with Gasteiger partial charge in [0.1, 0.15) is 5.75 Å². The normalized spacial score (nSPS) is 25.1. The van der Waals surface area contributed by atoms with E-state index >= 15 is 0 Å². The van der Waals surface area contributed by atoms with Gasteiger partial charge in [0, 0.05) is 4.43 Å². The van der Waals surface area contributed by atoms with Gasteiger partial charge in [0.15, 0.2) is 0 Å². The average Bonchev–Trinajstić information content (AvgIpc) is 2.56. The fraction of sp³-hybridized carbons (Fsp3) is 0.667. The summed E-state index contributed by atoms with van der Waals surface area (Å²) in [5.41, 5.74) is 1.18. The topological polar surface area (TPSA) is 38.7 Å². The van der Waals surface area contributed by atoms with E-state index in [1.54, 1.807) is 0 Å². The van der Waals surface area contributed by atoms with E-state index in [0.29, 0.717) is 0 Å². The fourth-order valence-electron chi connectivity index (χ4n) is 2.76. The number of ether oxygens (including phenoxy) is 2. The Morgan fingerprint density at radius 2 is 1.95 bits per heavy atom. The van der Waals surface area contributed by atoms with Crippen LogP contribution in [-0.2, 0) is 4.74 Å². The molecule has 0 bridgehead atoms. The highest BCUT2D eigenvalue weighted by Gasteiger charge is 2.29. The number of hydrogen-bond acceptors (Lipinski definition) is 3. The molecule has 2 rings (SSSR count). The van der Waals surface area contributed by atoms with Crippen LogP contribution in [-0.4, -0.2) is 28.3 Å². The van der Waals surface area contributed by atoms with Crippen molar-refractivity contribution in [2.24, 2.45) is 0 Å². The first kappa shape index (κ1) is 18.0. The molecule has 0 aromatic heterocycles. The maximum absolute atomic E-state index is 9.89. The van der Waals surface area contributed by atoms with Crippen LogP contribution in [0.1, 0.15) is 57.1 Å². The largest absolute Gasteiger partial charge is 0.494 e. The first-order chi connectivity index (χ1) is 10.7. The van der Waals surface area contributed by atoms with Crippen LogP contribution >= 0.6 is 22.6 Å². The van der Waals surface area contributed by atoms with Crippen molar-refractivity contribution >= 4 is 22.6 Å². The summed E-state index contributed by atoms with van der Waals surface area (Å²) in [6, 6.07) is 8.24. The molecule has 22 heavy (non-hydrogen) atoms. The molecule has 1 N–H and O–H groups in total. The van der Waals surface area contributed by atoms with E-state index < -0.39 is 0 Å². The molecule has 1 aromatic rings. The standard InChI is InChI=1S/C18H27IO3/c1-2-3-4-5-12-21-15-8-6-14(7-9-15)17-11-10-16(20)18(13-19)22-17/h6-9,16-18,20H,2-5,10-13H2,1H3/t16-,17-,18+/m0/s1. The molecule has 1 heterocycles. The Bertz CT molecular complexity index is 421. The molecule has 1 saturated heterocycles. The smallest absolute Gasteiger partial charge is 0.119 e. The lowest BCUT2D eigenvalue weighted by molar-refractivity contribution is -0.106. The van der Waals surface area contributed by atoms with Gasteiger partial charge in [-0.15, -0.1) is 0 Å². The zero-order chi connectivity index (χ0) is 15.8. The first-order valence-electron chi connectivity index (χ1n) is 8.36. The number of benzene rings is 1. The monoisotopic (exact) mass is 418 g/mol. The zero-order valence-electron chi connectivity index (χ0n) is 13.3. The van der Waals surface area contributed by atoms with Gasteiger partial charge in [0.2, 0.25) is 0 Å². The van der Waals surface area contributed by atoms with Gasteiger partial charge in [0.25, 0.3) is 0 Å². The highest BCUT2D eigenvalue weighted by Crippen LogP contribution is 2.32. The Labute approximate surface area is 147 Å². The van der Waals surface area contributed by atoms with E-state index in [4.69, 9.17) is 9.47 Å². The van der Waals surface area contributed by atoms with Crippen LogP contribution in [0.3, 0.4) is 0 Å². The summed E-state index contributed by atoms with van der Waals surface area (Å²) in [5, 5.41) is 9.89. The van der Waals surface area contributed by atoms with Crippen molar-refractivity contribution in [2.45, 2.75) is 63.8 Å².